The number of amides is 2. The first kappa shape index (κ1) is 16.0. The van der Waals surface area contributed by atoms with Crippen LogP contribution in [0.25, 0.3) is 0 Å². The van der Waals surface area contributed by atoms with E-state index in [4.69, 9.17) is 0 Å². The lowest BCUT2D eigenvalue weighted by molar-refractivity contribution is -0.137. The predicted molar refractivity (Wildman–Crippen MR) is 88.8 cm³/mol. The summed E-state index contributed by atoms with van der Waals surface area (Å²) in [5.41, 5.74) is 1.74. The van der Waals surface area contributed by atoms with Crippen LogP contribution in [0.5, 0.6) is 0 Å². The number of rotatable bonds is 2. The Balaban J connectivity index is 1.66. The van der Waals surface area contributed by atoms with Gasteiger partial charge in [0.05, 0.1) is 11.9 Å². The number of nitrogens with zero attached hydrogens (tertiary/aromatic N) is 1. The van der Waals surface area contributed by atoms with Gasteiger partial charge in [-0.2, -0.15) is 0 Å². The minimum atomic E-state index is -0.620. The van der Waals surface area contributed by atoms with Crippen LogP contribution in [0.4, 0.5) is 5.69 Å². The van der Waals surface area contributed by atoms with Gasteiger partial charge in [0.1, 0.15) is 0 Å². The number of aryl methyl sites for hydroxylation is 1. The van der Waals surface area contributed by atoms with Gasteiger partial charge in [-0.05, 0) is 54.6 Å². The zero-order valence-corrected chi connectivity index (χ0v) is 14.3. The quantitative estimate of drug-likeness (QED) is 0.824. The van der Waals surface area contributed by atoms with Gasteiger partial charge in [-0.25, -0.2) is 0 Å². The predicted octanol–water partition coefficient (Wildman–Crippen LogP) is 2.66. The van der Waals surface area contributed by atoms with E-state index in [1.54, 1.807) is 18.5 Å². The van der Waals surface area contributed by atoms with Crippen molar-refractivity contribution in [3.05, 3.63) is 24.0 Å². The topological polar surface area (TPSA) is 71.1 Å². The number of nitrogens with one attached hydrogen (secondary N) is 2. The summed E-state index contributed by atoms with van der Waals surface area (Å²) in [5, 5.41) is 5.62. The van der Waals surface area contributed by atoms with Gasteiger partial charge < -0.3 is 10.6 Å². The molecule has 3 unspecified atom stereocenters. The van der Waals surface area contributed by atoms with Crippen LogP contribution in [0, 0.1) is 23.7 Å². The van der Waals surface area contributed by atoms with Crippen LogP contribution in [0.1, 0.15) is 45.6 Å². The summed E-state index contributed by atoms with van der Waals surface area (Å²) in [5.74, 6) is -0.547. The van der Waals surface area contributed by atoms with Crippen molar-refractivity contribution < 1.29 is 9.59 Å². The fourth-order valence-electron chi connectivity index (χ4n) is 4.42. The summed E-state index contributed by atoms with van der Waals surface area (Å²) in [6.45, 7) is 8.69. The Hall–Kier alpha value is -1.91. The second-order valence-corrected chi connectivity index (χ2v) is 7.78. The van der Waals surface area contributed by atoms with E-state index in [0.29, 0.717) is 11.6 Å². The molecule has 0 aliphatic heterocycles. The van der Waals surface area contributed by atoms with Crippen molar-refractivity contribution in [3.8, 4) is 0 Å². The van der Waals surface area contributed by atoms with Gasteiger partial charge >= 0.3 is 11.8 Å². The fourth-order valence-corrected chi connectivity index (χ4v) is 4.42. The maximum atomic E-state index is 12.3. The van der Waals surface area contributed by atoms with Crippen molar-refractivity contribution in [2.45, 2.75) is 53.0 Å². The third-order valence-electron chi connectivity index (χ3n) is 6.59. The minimum absolute atomic E-state index is 0.0673. The molecule has 3 atom stereocenters. The van der Waals surface area contributed by atoms with Crippen molar-refractivity contribution in [3.63, 3.8) is 0 Å². The smallest absolute Gasteiger partial charge is 0.313 e. The van der Waals surface area contributed by atoms with E-state index in [1.807, 2.05) is 6.92 Å². The lowest BCUT2D eigenvalue weighted by atomic mass is 9.69. The molecular weight excluding hydrogens is 290 g/mol. The monoisotopic (exact) mass is 315 g/mol. The SMILES string of the molecule is Cc1ccncc1NC(=O)C(=O)NC1CC2CCC1(C)C2(C)C. The highest BCUT2D eigenvalue weighted by Gasteiger charge is 2.61. The molecule has 1 aromatic heterocycles. The van der Waals surface area contributed by atoms with E-state index in [-0.39, 0.29) is 16.9 Å². The summed E-state index contributed by atoms with van der Waals surface area (Å²) in [6.07, 6.45) is 6.51. The second-order valence-electron chi connectivity index (χ2n) is 7.78. The molecule has 0 saturated heterocycles. The third kappa shape index (κ3) is 2.42. The molecule has 2 amide bonds. The van der Waals surface area contributed by atoms with Gasteiger partial charge in [0.2, 0.25) is 0 Å². The molecule has 2 N–H and O–H groups in total. The molecule has 23 heavy (non-hydrogen) atoms. The first-order valence-electron chi connectivity index (χ1n) is 8.28. The van der Waals surface area contributed by atoms with E-state index in [1.165, 1.54) is 6.42 Å². The molecule has 124 valence electrons. The lowest BCUT2D eigenvalue weighted by Crippen LogP contribution is -2.49. The van der Waals surface area contributed by atoms with E-state index in [2.05, 4.69) is 36.4 Å². The Morgan fingerprint density at radius 2 is 2.00 bits per heavy atom. The Morgan fingerprint density at radius 3 is 2.57 bits per heavy atom. The van der Waals surface area contributed by atoms with Crippen LogP contribution >= 0.6 is 0 Å². The van der Waals surface area contributed by atoms with E-state index < -0.39 is 11.8 Å². The number of pyridine rings is 1. The van der Waals surface area contributed by atoms with Crippen LogP contribution in [-0.2, 0) is 9.59 Å². The lowest BCUT2D eigenvalue weighted by Gasteiger charge is -2.39. The standard InChI is InChI=1S/C18H25N3O2/c1-11-6-8-19-10-13(11)20-15(22)16(23)21-14-9-12-5-7-18(14,4)17(12,2)3/h6,8,10,12,14H,5,7,9H2,1-4H3,(H,20,22)(H,21,23). The average molecular weight is 315 g/mol. The van der Waals surface area contributed by atoms with Crippen molar-refractivity contribution in [2.24, 2.45) is 16.7 Å². The van der Waals surface area contributed by atoms with E-state index >= 15 is 0 Å². The molecule has 5 heteroatoms. The molecule has 0 aromatic carbocycles. The molecule has 0 spiro atoms. The Morgan fingerprint density at radius 1 is 1.26 bits per heavy atom. The number of anilines is 1. The molecule has 2 fully saturated rings. The van der Waals surface area contributed by atoms with Crippen LogP contribution in [0.3, 0.4) is 0 Å². The fraction of sp³-hybridized carbons (Fsp3) is 0.611. The number of carbonyl (C=O) groups excluding carboxylic acids is 2. The van der Waals surface area contributed by atoms with E-state index in [9.17, 15) is 9.59 Å². The Labute approximate surface area is 137 Å². The van der Waals surface area contributed by atoms with Gasteiger partial charge in [-0.1, -0.05) is 20.8 Å². The zero-order chi connectivity index (χ0) is 16.8. The van der Waals surface area contributed by atoms with Crippen molar-refractivity contribution in [2.75, 3.05) is 5.32 Å². The molecule has 1 heterocycles. The van der Waals surface area contributed by atoms with Gasteiger partial charge in [-0.3, -0.25) is 14.6 Å². The summed E-state index contributed by atoms with van der Waals surface area (Å²) in [4.78, 5) is 28.5. The first-order valence-corrected chi connectivity index (χ1v) is 8.28. The third-order valence-corrected chi connectivity index (χ3v) is 6.59. The summed E-state index contributed by atoms with van der Waals surface area (Å²) >= 11 is 0. The maximum Gasteiger partial charge on any atom is 0.313 e. The number of carbonyl (C=O) groups is 2. The van der Waals surface area contributed by atoms with Crippen molar-refractivity contribution in [1.29, 1.82) is 0 Å². The zero-order valence-electron chi connectivity index (χ0n) is 14.3. The van der Waals surface area contributed by atoms with Crippen LogP contribution < -0.4 is 10.6 Å². The van der Waals surface area contributed by atoms with Gasteiger partial charge in [-0.15, -0.1) is 0 Å². The minimum Gasteiger partial charge on any atom is -0.345 e. The summed E-state index contributed by atoms with van der Waals surface area (Å²) in [7, 11) is 0. The molecule has 2 bridgehead atoms. The van der Waals surface area contributed by atoms with Crippen LogP contribution in [0.2, 0.25) is 0 Å². The molecule has 5 nitrogen and oxygen atoms in total. The molecule has 3 rings (SSSR count). The van der Waals surface area contributed by atoms with Gasteiger partial charge in [0, 0.05) is 12.2 Å². The Bertz CT molecular complexity index is 655. The maximum absolute atomic E-state index is 12.3. The molecule has 1 aromatic rings. The largest absolute Gasteiger partial charge is 0.345 e. The molecule has 0 radical (unpaired) electrons. The van der Waals surface area contributed by atoms with Crippen molar-refractivity contribution in [1.82, 2.24) is 10.3 Å². The molecule has 2 saturated carbocycles. The average Bonchev–Trinajstić information content (AvgIpc) is 2.82. The highest BCUT2D eigenvalue weighted by Crippen LogP contribution is 2.65. The highest BCUT2D eigenvalue weighted by atomic mass is 16.2. The van der Waals surface area contributed by atoms with Gasteiger partial charge in [0.25, 0.3) is 0 Å². The highest BCUT2D eigenvalue weighted by molar-refractivity contribution is 6.39. The number of aromatic nitrogens is 1. The first-order chi connectivity index (χ1) is 10.8. The number of hydrogen-bond acceptors (Lipinski definition) is 3. The van der Waals surface area contributed by atoms with Crippen molar-refractivity contribution >= 4 is 17.5 Å². The summed E-state index contributed by atoms with van der Waals surface area (Å²) < 4.78 is 0. The van der Waals surface area contributed by atoms with E-state index in [0.717, 1.165) is 18.4 Å². The normalized spacial score (nSPS) is 31.0. The summed E-state index contributed by atoms with van der Waals surface area (Å²) in [6, 6.07) is 1.87. The van der Waals surface area contributed by atoms with Crippen LogP contribution in [-0.4, -0.2) is 22.8 Å². The Kier molecular flexibility index (Phi) is 3.69. The molecule has 2 aliphatic carbocycles. The number of hydrogen-bond donors (Lipinski definition) is 2. The van der Waals surface area contributed by atoms with Crippen LogP contribution in [0.15, 0.2) is 18.5 Å². The molecule has 2 aliphatic rings. The van der Waals surface area contributed by atoms with Gasteiger partial charge in [0.15, 0.2) is 0 Å². The molecular formula is C18H25N3O2. The number of fused-ring (bicyclic) bond motifs is 2. The second kappa shape index (κ2) is 5.32.